The molecule has 0 fully saturated rings. The van der Waals surface area contributed by atoms with Crippen molar-refractivity contribution in [1.82, 2.24) is 20.0 Å². The molecule has 0 bridgehead atoms. The molecule has 6 nitrogen and oxygen atoms in total. The quantitative estimate of drug-likeness (QED) is 0.694. The SMILES string of the molecule is CCCNC(=O)CN(CCC)C(=O)c1nn(-c2ccccc2)c2c1CCCCC2. The third-order valence-electron chi connectivity index (χ3n) is 5.32. The van der Waals surface area contributed by atoms with Crippen LogP contribution >= 0.6 is 0 Å². The highest BCUT2D eigenvalue weighted by Crippen LogP contribution is 2.27. The zero-order valence-electron chi connectivity index (χ0n) is 17.6. The first-order valence-electron chi connectivity index (χ1n) is 10.9. The summed E-state index contributed by atoms with van der Waals surface area (Å²) in [5.41, 5.74) is 3.70. The fraction of sp³-hybridized carbons (Fsp3) is 0.522. The molecule has 0 radical (unpaired) electrons. The van der Waals surface area contributed by atoms with Crippen molar-refractivity contribution in [2.75, 3.05) is 19.6 Å². The highest BCUT2D eigenvalue weighted by molar-refractivity contribution is 5.96. The lowest BCUT2D eigenvalue weighted by Crippen LogP contribution is -2.41. The van der Waals surface area contributed by atoms with E-state index < -0.39 is 0 Å². The minimum atomic E-state index is -0.133. The largest absolute Gasteiger partial charge is 0.355 e. The smallest absolute Gasteiger partial charge is 0.275 e. The van der Waals surface area contributed by atoms with Crippen molar-refractivity contribution in [3.63, 3.8) is 0 Å². The summed E-state index contributed by atoms with van der Waals surface area (Å²) in [6.07, 6.45) is 6.81. The van der Waals surface area contributed by atoms with Crippen LogP contribution in [-0.2, 0) is 17.6 Å². The molecule has 2 amide bonds. The van der Waals surface area contributed by atoms with Crippen LogP contribution in [0, 0.1) is 0 Å². The van der Waals surface area contributed by atoms with Crippen LogP contribution in [0.15, 0.2) is 30.3 Å². The molecule has 0 unspecified atom stereocenters. The van der Waals surface area contributed by atoms with E-state index in [0.29, 0.717) is 18.8 Å². The van der Waals surface area contributed by atoms with Gasteiger partial charge in [-0.2, -0.15) is 5.10 Å². The van der Waals surface area contributed by atoms with E-state index >= 15 is 0 Å². The molecule has 1 aromatic heterocycles. The molecule has 0 spiro atoms. The van der Waals surface area contributed by atoms with Crippen LogP contribution in [0.3, 0.4) is 0 Å². The van der Waals surface area contributed by atoms with Crippen molar-refractivity contribution in [1.29, 1.82) is 0 Å². The standard InChI is InChI=1S/C23H32N4O2/c1-3-15-24-21(28)17-26(16-4-2)23(29)22-19-13-9-6-10-14-20(19)27(25-22)18-11-7-5-8-12-18/h5,7-8,11-12H,3-4,6,9-10,13-17H2,1-2H3,(H,24,28). The Morgan fingerprint density at radius 3 is 2.55 bits per heavy atom. The number of carbonyl (C=O) groups is 2. The monoisotopic (exact) mass is 396 g/mol. The molecule has 0 saturated carbocycles. The summed E-state index contributed by atoms with van der Waals surface area (Å²) in [6.45, 7) is 5.30. The van der Waals surface area contributed by atoms with Crippen molar-refractivity contribution in [2.45, 2.75) is 58.8 Å². The number of para-hydroxylation sites is 1. The summed E-state index contributed by atoms with van der Waals surface area (Å²) in [4.78, 5) is 27.4. The highest BCUT2D eigenvalue weighted by Gasteiger charge is 2.28. The fourth-order valence-electron chi connectivity index (χ4n) is 3.90. The Bertz CT molecular complexity index is 829. The molecule has 1 heterocycles. The van der Waals surface area contributed by atoms with Gasteiger partial charge in [-0.25, -0.2) is 4.68 Å². The average Bonchev–Trinajstić information content (AvgIpc) is 2.92. The zero-order chi connectivity index (χ0) is 20.6. The molecular formula is C23H32N4O2. The van der Waals surface area contributed by atoms with E-state index in [-0.39, 0.29) is 18.4 Å². The van der Waals surface area contributed by atoms with Gasteiger partial charge in [0.25, 0.3) is 5.91 Å². The van der Waals surface area contributed by atoms with Crippen LogP contribution in [0.4, 0.5) is 0 Å². The van der Waals surface area contributed by atoms with Crippen LogP contribution < -0.4 is 5.32 Å². The van der Waals surface area contributed by atoms with Crippen molar-refractivity contribution in [2.24, 2.45) is 0 Å². The van der Waals surface area contributed by atoms with Crippen molar-refractivity contribution in [3.05, 3.63) is 47.3 Å². The van der Waals surface area contributed by atoms with E-state index in [1.54, 1.807) is 4.90 Å². The number of aromatic nitrogens is 2. The summed E-state index contributed by atoms with van der Waals surface area (Å²) in [6, 6.07) is 10.0. The molecule has 1 aromatic carbocycles. The van der Waals surface area contributed by atoms with E-state index in [9.17, 15) is 9.59 Å². The summed E-state index contributed by atoms with van der Waals surface area (Å²) < 4.78 is 1.94. The molecule has 6 heteroatoms. The van der Waals surface area contributed by atoms with Gasteiger partial charge in [-0.15, -0.1) is 0 Å². The molecule has 3 rings (SSSR count). The number of carbonyl (C=O) groups excluding carboxylic acids is 2. The fourth-order valence-corrected chi connectivity index (χ4v) is 3.90. The molecule has 1 aliphatic rings. The molecule has 2 aromatic rings. The average molecular weight is 397 g/mol. The minimum absolute atomic E-state index is 0.0830. The minimum Gasteiger partial charge on any atom is -0.355 e. The maximum Gasteiger partial charge on any atom is 0.275 e. The zero-order valence-corrected chi connectivity index (χ0v) is 17.6. The highest BCUT2D eigenvalue weighted by atomic mass is 16.2. The van der Waals surface area contributed by atoms with Crippen molar-refractivity contribution in [3.8, 4) is 5.69 Å². The lowest BCUT2D eigenvalue weighted by molar-refractivity contribution is -0.121. The predicted octanol–water partition coefficient (Wildman–Crippen LogP) is 3.52. The third-order valence-corrected chi connectivity index (χ3v) is 5.32. The molecule has 0 saturated heterocycles. The number of hydrogen-bond acceptors (Lipinski definition) is 3. The Morgan fingerprint density at radius 1 is 1.07 bits per heavy atom. The summed E-state index contributed by atoms with van der Waals surface area (Å²) in [7, 11) is 0. The number of fused-ring (bicyclic) bond motifs is 1. The Hall–Kier alpha value is -2.63. The lowest BCUT2D eigenvalue weighted by Gasteiger charge is -2.21. The number of amides is 2. The van der Waals surface area contributed by atoms with Gasteiger partial charge in [0.2, 0.25) is 5.91 Å². The van der Waals surface area contributed by atoms with E-state index in [0.717, 1.165) is 61.9 Å². The lowest BCUT2D eigenvalue weighted by atomic mass is 10.1. The van der Waals surface area contributed by atoms with Gasteiger partial charge in [-0.3, -0.25) is 9.59 Å². The molecule has 156 valence electrons. The summed E-state index contributed by atoms with van der Waals surface area (Å²) >= 11 is 0. The first kappa shape index (κ1) is 21.1. The number of benzene rings is 1. The van der Waals surface area contributed by atoms with Crippen molar-refractivity contribution < 1.29 is 9.59 Å². The number of hydrogen-bond donors (Lipinski definition) is 1. The second-order valence-electron chi connectivity index (χ2n) is 7.66. The van der Waals surface area contributed by atoms with E-state index in [2.05, 4.69) is 5.32 Å². The normalized spacial score (nSPS) is 13.4. The number of nitrogens with zero attached hydrogens (tertiary/aromatic N) is 3. The predicted molar refractivity (Wildman–Crippen MR) is 114 cm³/mol. The van der Waals surface area contributed by atoms with Gasteiger partial charge < -0.3 is 10.2 Å². The van der Waals surface area contributed by atoms with E-state index in [1.165, 1.54) is 0 Å². The Kier molecular flexibility index (Phi) is 7.44. The second kappa shape index (κ2) is 10.2. The molecule has 0 aliphatic heterocycles. The molecule has 1 aliphatic carbocycles. The third kappa shape index (κ3) is 5.05. The molecule has 0 atom stereocenters. The van der Waals surface area contributed by atoms with Gasteiger partial charge in [-0.05, 0) is 50.7 Å². The van der Waals surface area contributed by atoms with Crippen molar-refractivity contribution >= 4 is 11.8 Å². The van der Waals surface area contributed by atoms with Gasteiger partial charge in [0, 0.05) is 24.3 Å². The maximum absolute atomic E-state index is 13.4. The summed E-state index contributed by atoms with van der Waals surface area (Å²) in [5.74, 6) is -0.242. The van der Waals surface area contributed by atoms with Crippen LogP contribution in [0.1, 0.15) is 67.7 Å². The Labute approximate surface area is 173 Å². The first-order chi connectivity index (χ1) is 14.2. The van der Waals surface area contributed by atoms with Gasteiger partial charge in [0.15, 0.2) is 5.69 Å². The second-order valence-corrected chi connectivity index (χ2v) is 7.66. The Morgan fingerprint density at radius 2 is 1.83 bits per heavy atom. The van der Waals surface area contributed by atoms with Gasteiger partial charge >= 0.3 is 0 Å². The van der Waals surface area contributed by atoms with Crippen LogP contribution in [0.2, 0.25) is 0 Å². The summed E-state index contributed by atoms with van der Waals surface area (Å²) in [5, 5.41) is 7.64. The maximum atomic E-state index is 13.4. The number of nitrogens with one attached hydrogen (secondary N) is 1. The number of rotatable bonds is 8. The van der Waals surface area contributed by atoms with E-state index in [4.69, 9.17) is 5.10 Å². The molecular weight excluding hydrogens is 364 g/mol. The topological polar surface area (TPSA) is 67.2 Å². The van der Waals surface area contributed by atoms with Gasteiger partial charge in [-0.1, -0.05) is 38.5 Å². The van der Waals surface area contributed by atoms with Crippen LogP contribution in [0.5, 0.6) is 0 Å². The van der Waals surface area contributed by atoms with Crippen LogP contribution in [-0.4, -0.2) is 46.1 Å². The molecule has 29 heavy (non-hydrogen) atoms. The molecule has 1 N–H and O–H groups in total. The first-order valence-corrected chi connectivity index (χ1v) is 10.9. The van der Waals surface area contributed by atoms with Gasteiger partial charge in [0.1, 0.15) is 0 Å². The van der Waals surface area contributed by atoms with Crippen LogP contribution in [0.25, 0.3) is 5.69 Å². The Balaban J connectivity index is 1.94. The van der Waals surface area contributed by atoms with Gasteiger partial charge in [0.05, 0.1) is 12.2 Å². The van der Waals surface area contributed by atoms with E-state index in [1.807, 2.05) is 48.9 Å².